The zero-order chi connectivity index (χ0) is 15.2. The van der Waals surface area contributed by atoms with Crippen molar-refractivity contribution in [2.75, 3.05) is 11.9 Å². The van der Waals surface area contributed by atoms with Gasteiger partial charge in [0.1, 0.15) is 5.82 Å². The van der Waals surface area contributed by atoms with E-state index in [2.05, 4.69) is 15.2 Å². The number of nitrogens with zero attached hydrogens (tertiary/aromatic N) is 2. The lowest BCUT2D eigenvalue weighted by molar-refractivity contribution is -0.0514. The molecule has 0 radical (unpaired) electrons. The predicted octanol–water partition coefficient (Wildman–Crippen LogP) is 3.03. The summed E-state index contributed by atoms with van der Waals surface area (Å²) >= 11 is 0. The Balaban J connectivity index is 2.07. The highest BCUT2D eigenvalue weighted by Crippen LogP contribution is 2.30. The minimum Gasteiger partial charge on any atom is -0.490 e. The average molecular weight is 297 g/mol. The van der Waals surface area contributed by atoms with Crippen molar-refractivity contribution < 1.29 is 18.3 Å². The van der Waals surface area contributed by atoms with E-state index in [0.29, 0.717) is 18.9 Å². The van der Waals surface area contributed by atoms with E-state index >= 15 is 0 Å². The maximum atomic E-state index is 12.3. The first-order valence-corrected chi connectivity index (χ1v) is 6.52. The number of benzene rings is 1. The molecule has 114 valence electrons. The van der Waals surface area contributed by atoms with Crippen molar-refractivity contribution >= 4 is 5.82 Å². The fourth-order valence-electron chi connectivity index (χ4n) is 1.83. The molecule has 0 bridgehead atoms. The minimum atomic E-state index is -2.87. The molecule has 5 nitrogen and oxygen atoms in total. The van der Waals surface area contributed by atoms with Crippen LogP contribution in [0.15, 0.2) is 30.5 Å². The molecule has 1 N–H and O–H groups in total. The highest BCUT2D eigenvalue weighted by atomic mass is 19.3. The number of aryl methyl sites for hydroxylation is 1. The summed E-state index contributed by atoms with van der Waals surface area (Å²) in [6, 6.07) is 6.71. The molecular weight excluding hydrogens is 280 g/mol. The Morgan fingerprint density at radius 1 is 1.29 bits per heavy atom. The van der Waals surface area contributed by atoms with E-state index in [1.165, 1.54) is 6.07 Å². The Bertz CT molecular complexity index is 587. The number of ether oxygens (including phenoxy) is 2. The normalized spacial score (nSPS) is 10.7. The second-order valence-corrected chi connectivity index (χ2v) is 4.32. The Hall–Kier alpha value is -2.31. The monoisotopic (exact) mass is 297 g/mol. The van der Waals surface area contributed by atoms with E-state index in [0.717, 1.165) is 11.4 Å². The van der Waals surface area contributed by atoms with Gasteiger partial charge in [-0.1, -0.05) is 6.07 Å². The van der Waals surface area contributed by atoms with E-state index in [1.54, 1.807) is 23.7 Å². The number of hydrogen-bond acceptors (Lipinski definition) is 4. The zero-order valence-electron chi connectivity index (χ0n) is 11.8. The molecule has 2 aromatic rings. The van der Waals surface area contributed by atoms with Crippen LogP contribution in [-0.4, -0.2) is 23.0 Å². The second-order valence-electron chi connectivity index (χ2n) is 4.32. The predicted molar refractivity (Wildman–Crippen MR) is 74.8 cm³/mol. The van der Waals surface area contributed by atoms with Gasteiger partial charge in [0.05, 0.1) is 6.61 Å². The highest BCUT2D eigenvalue weighted by Gasteiger charge is 2.11. The number of hydrogen-bond donors (Lipinski definition) is 1. The van der Waals surface area contributed by atoms with Gasteiger partial charge in [-0.3, -0.25) is 4.68 Å². The summed E-state index contributed by atoms with van der Waals surface area (Å²) in [6.45, 7) is -0.213. The number of halogens is 2. The fourth-order valence-corrected chi connectivity index (χ4v) is 1.83. The van der Waals surface area contributed by atoms with Gasteiger partial charge in [0.2, 0.25) is 0 Å². The molecule has 1 aromatic carbocycles. The molecule has 0 atom stereocenters. The van der Waals surface area contributed by atoms with Crippen LogP contribution in [0.5, 0.6) is 11.5 Å². The van der Waals surface area contributed by atoms with Gasteiger partial charge in [0, 0.05) is 25.9 Å². The standard InChI is InChI=1S/C14H17F2N3O2/c1-3-20-12-8-10(4-5-11(12)21-14(15)16)9-17-13-6-7-19(2)18-13/h4-8,14H,3,9H2,1-2H3,(H,17,18). The van der Waals surface area contributed by atoms with Gasteiger partial charge in [0.15, 0.2) is 11.5 Å². The Kier molecular flexibility index (Phi) is 4.97. The summed E-state index contributed by atoms with van der Waals surface area (Å²) in [4.78, 5) is 0. The van der Waals surface area contributed by atoms with Crippen LogP contribution < -0.4 is 14.8 Å². The largest absolute Gasteiger partial charge is 0.490 e. The van der Waals surface area contributed by atoms with Crippen LogP contribution in [0.4, 0.5) is 14.6 Å². The fraction of sp³-hybridized carbons (Fsp3) is 0.357. The Morgan fingerprint density at radius 2 is 2.10 bits per heavy atom. The van der Waals surface area contributed by atoms with E-state index < -0.39 is 6.61 Å². The van der Waals surface area contributed by atoms with E-state index in [4.69, 9.17) is 4.74 Å². The molecule has 1 aromatic heterocycles. The first-order valence-electron chi connectivity index (χ1n) is 6.52. The van der Waals surface area contributed by atoms with Crippen molar-refractivity contribution in [1.29, 1.82) is 0 Å². The number of aromatic nitrogens is 2. The average Bonchev–Trinajstić information content (AvgIpc) is 2.84. The molecule has 0 unspecified atom stereocenters. The molecule has 21 heavy (non-hydrogen) atoms. The van der Waals surface area contributed by atoms with E-state index in [1.807, 2.05) is 19.3 Å². The molecule has 2 rings (SSSR count). The lowest BCUT2D eigenvalue weighted by Crippen LogP contribution is -2.06. The lowest BCUT2D eigenvalue weighted by Gasteiger charge is -2.13. The van der Waals surface area contributed by atoms with Crippen LogP contribution in [-0.2, 0) is 13.6 Å². The van der Waals surface area contributed by atoms with Crippen molar-refractivity contribution in [3.8, 4) is 11.5 Å². The summed E-state index contributed by atoms with van der Waals surface area (Å²) in [7, 11) is 1.83. The number of alkyl halides is 2. The summed E-state index contributed by atoms with van der Waals surface area (Å²) in [5, 5.41) is 7.33. The highest BCUT2D eigenvalue weighted by molar-refractivity contribution is 5.44. The molecule has 0 saturated heterocycles. The lowest BCUT2D eigenvalue weighted by atomic mass is 10.2. The van der Waals surface area contributed by atoms with Gasteiger partial charge in [-0.15, -0.1) is 0 Å². The number of rotatable bonds is 7. The van der Waals surface area contributed by atoms with Crippen molar-refractivity contribution in [2.45, 2.75) is 20.1 Å². The first-order chi connectivity index (χ1) is 10.1. The molecule has 0 aliphatic carbocycles. The summed E-state index contributed by atoms with van der Waals surface area (Å²) in [5.74, 6) is 1.08. The van der Waals surface area contributed by atoms with Gasteiger partial charge in [0.25, 0.3) is 0 Å². The molecule has 0 amide bonds. The number of anilines is 1. The SMILES string of the molecule is CCOc1cc(CNc2ccn(C)n2)ccc1OC(F)F. The van der Waals surface area contributed by atoms with E-state index in [-0.39, 0.29) is 5.75 Å². The Morgan fingerprint density at radius 3 is 2.71 bits per heavy atom. The molecule has 1 heterocycles. The zero-order valence-corrected chi connectivity index (χ0v) is 11.8. The Labute approximate surface area is 121 Å². The van der Waals surface area contributed by atoms with Gasteiger partial charge in [-0.2, -0.15) is 13.9 Å². The molecule has 0 aliphatic rings. The van der Waals surface area contributed by atoms with Gasteiger partial charge < -0.3 is 14.8 Å². The van der Waals surface area contributed by atoms with Gasteiger partial charge in [-0.05, 0) is 24.6 Å². The van der Waals surface area contributed by atoms with Crippen molar-refractivity contribution in [3.05, 3.63) is 36.0 Å². The maximum Gasteiger partial charge on any atom is 0.387 e. The van der Waals surface area contributed by atoms with Crippen LogP contribution in [0, 0.1) is 0 Å². The van der Waals surface area contributed by atoms with Crippen LogP contribution in [0.2, 0.25) is 0 Å². The minimum absolute atomic E-state index is 0.0356. The molecular formula is C14H17F2N3O2. The van der Waals surface area contributed by atoms with Crippen LogP contribution in [0.3, 0.4) is 0 Å². The third-order valence-electron chi connectivity index (χ3n) is 2.71. The number of nitrogens with one attached hydrogen (secondary N) is 1. The van der Waals surface area contributed by atoms with Gasteiger partial charge in [-0.25, -0.2) is 0 Å². The quantitative estimate of drug-likeness (QED) is 0.853. The third kappa shape index (κ3) is 4.34. The van der Waals surface area contributed by atoms with Crippen LogP contribution in [0.1, 0.15) is 12.5 Å². The third-order valence-corrected chi connectivity index (χ3v) is 2.71. The topological polar surface area (TPSA) is 48.3 Å². The smallest absolute Gasteiger partial charge is 0.387 e. The van der Waals surface area contributed by atoms with Gasteiger partial charge >= 0.3 is 6.61 Å². The second kappa shape index (κ2) is 6.92. The molecule has 7 heteroatoms. The van der Waals surface area contributed by atoms with Crippen LogP contribution in [0.25, 0.3) is 0 Å². The summed E-state index contributed by atoms with van der Waals surface area (Å²) in [5.41, 5.74) is 0.880. The maximum absolute atomic E-state index is 12.3. The molecule has 0 fully saturated rings. The summed E-state index contributed by atoms with van der Waals surface area (Å²) < 4.78 is 36.1. The van der Waals surface area contributed by atoms with Crippen molar-refractivity contribution in [3.63, 3.8) is 0 Å². The molecule has 0 aliphatic heterocycles. The first kappa shape index (κ1) is 15.1. The molecule has 0 spiro atoms. The van der Waals surface area contributed by atoms with Crippen molar-refractivity contribution in [2.24, 2.45) is 7.05 Å². The molecule has 0 saturated carbocycles. The van der Waals surface area contributed by atoms with E-state index in [9.17, 15) is 8.78 Å². The van der Waals surface area contributed by atoms with Crippen molar-refractivity contribution in [1.82, 2.24) is 9.78 Å². The summed E-state index contributed by atoms with van der Waals surface area (Å²) in [6.07, 6.45) is 1.83. The van der Waals surface area contributed by atoms with Crippen LogP contribution >= 0.6 is 0 Å².